The lowest BCUT2D eigenvalue weighted by molar-refractivity contribution is -0.113. The molecule has 1 amide bonds. The largest absolute Gasteiger partial charge is 0.325 e. The quantitative estimate of drug-likeness (QED) is 0.540. The fourth-order valence-electron chi connectivity index (χ4n) is 3.45. The summed E-state index contributed by atoms with van der Waals surface area (Å²) in [5, 5.41) is 12.7. The van der Waals surface area contributed by atoms with Gasteiger partial charge in [-0.05, 0) is 48.9 Å². The average Bonchev–Trinajstić information content (AvgIpc) is 3.47. The zero-order chi connectivity index (χ0) is 20.4. The number of nitrogens with zero attached hydrogens (tertiary/aromatic N) is 3. The maximum Gasteiger partial charge on any atom is 0.234 e. The van der Waals surface area contributed by atoms with Gasteiger partial charge in [0.2, 0.25) is 5.91 Å². The Balaban J connectivity index is 1.51. The Morgan fingerprint density at radius 3 is 2.59 bits per heavy atom. The zero-order valence-corrected chi connectivity index (χ0v) is 17.9. The number of carbonyl (C=O) groups excluding carboxylic acids is 1. The molecule has 0 spiro atoms. The molecule has 3 aromatic rings. The van der Waals surface area contributed by atoms with Crippen LogP contribution in [0.5, 0.6) is 0 Å². The number of rotatable bonds is 7. The number of nitrogens with one attached hydrogen (secondary N) is 1. The molecule has 1 saturated carbocycles. The minimum atomic E-state index is -0.0261. The van der Waals surface area contributed by atoms with Crippen LogP contribution in [0.4, 0.5) is 5.69 Å². The Labute approximate surface area is 175 Å². The maximum atomic E-state index is 12.7. The van der Waals surface area contributed by atoms with E-state index < -0.39 is 0 Å². The second-order valence-corrected chi connectivity index (χ2v) is 8.76. The molecule has 1 aliphatic rings. The molecule has 1 aromatic heterocycles. The number of anilines is 1. The Bertz CT molecular complexity index is 1010. The van der Waals surface area contributed by atoms with Crippen LogP contribution in [-0.4, -0.2) is 26.4 Å². The number of aromatic nitrogens is 3. The molecule has 0 bridgehead atoms. The van der Waals surface area contributed by atoms with Crippen LogP contribution in [0.25, 0.3) is 5.69 Å². The molecule has 0 aliphatic heterocycles. The molecule has 150 valence electrons. The highest BCUT2D eigenvalue weighted by Crippen LogP contribution is 2.41. The van der Waals surface area contributed by atoms with Crippen molar-refractivity contribution in [3.63, 3.8) is 0 Å². The highest BCUT2D eigenvalue weighted by atomic mass is 32.2. The molecule has 4 rings (SSSR count). The number of amides is 1. The third kappa shape index (κ3) is 4.37. The fraction of sp³-hybridized carbons (Fsp3) is 0.348. The van der Waals surface area contributed by atoms with Gasteiger partial charge in [0.05, 0.1) is 5.75 Å². The molecule has 1 fully saturated rings. The first-order valence-corrected chi connectivity index (χ1v) is 11.1. The van der Waals surface area contributed by atoms with Gasteiger partial charge in [-0.15, -0.1) is 10.2 Å². The van der Waals surface area contributed by atoms with Crippen molar-refractivity contribution < 1.29 is 4.79 Å². The van der Waals surface area contributed by atoms with Gasteiger partial charge in [0.15, 0.2) is 5.16 Å². The highest BCUT2D eigenvalue weighted by Gasteiger charge is 2.31. The van der Waals surface area contributed by atoms with Gasteiger partial charge in [-0.1, -0.05) is 62.0 Å². The van der Waals surface area contributed by atoms with E-state index >= 15 is 0 Å². The van der Waals surface area contributed by atoms with Crippen molar-refractivity contribution in [2.75, 3.05) is 11.1 Å². The number of hydrogen-bond donors (Lipinski definition) is 1. The molecule has 6 heteroatoms. The van der Waals surface area contributed by atoms with E-state index in [0.717, 1.165) is 46.3 Å². The summed E-state index contributed by atoms with van der Waals surface area (Å²) < 4.78 is 2.10. The van der Waals surface area contributed by atoms with Gasteiger partial charge in [-0.25, -0.2) is 0 Å². The van der Waals surface area contributed by atoms with Gasteiger partial charge >= 0.3 is 0 Å². The van der Waals surface area contributed by atoms with Gasteiger partial charge < -0.3 is 5.32 Å². The van der Waals surface area contributed by atoms with Gasteiger partial charge in [0.1, 0.15) is 5.82 Å². The second kappa shape index (κ2) is 8.41. The first-order chi connectivity index (χ1) is 14.0. The smallest absolute Gasteiger partial charge is 0.234 e. The number of hydrogen-bond acceptors (Lipinski definition) is 4. The maximum absolute atomic E-state index is 12.7. The van der Waals surface area contributed by atoms with E-state index in [2.05, 4.69) is 52.1 Å². The molecule has 0 saturated heterocycles. The number of para-hydroxylation sites is 2. The minimum absolute atomic E-state index is 0.0261. The lowest BCUT2D eigenvalue weighted by Gasteiger charge is -2.16. The monoisotopic (exact) mass is 406 g/mol. The van der Waals surface area contributed by atoms with Crippen molar-refractivity contribution in [3.05, 3.63) is 65.5 Å². The molecule has 1 heterocycles. The standard InChI is InChI=1S/C23H26N4OS/c1-15(2)19-11-7-8-16(3)21(19)24-20(28)14-29-23-26-25-22(17-12-13-17)27(23)18-9-5-4-6-10-18/h4-11,15,17H,12-14H2,1-3H3,(H,24,28). The topological polar surface area (TPSA) is 59.8 Å². The normalized spacial score (nSPS) is 13.7. The summed E-state index contributed by atoms with van der Waals surface area (Å²) in [4.78, 5) is 12.7. The van der Waals surface area contributed by atoms with Crippen LogP contribution in [0, 0.1) is 6.92 Å². The zero-order valence-electron chi connectivity index (χ0n) is 17.1. The van der Waals surface area contributed by atoms with Crippen molar-refractivity contribution in [2.24, 2.45) is 0 Å². The Kier molecular flexibility index (Phi) is 5.72. The Morgan fingerprint density at radius 1 is 1.14 bits per heavy atom. The summed E-state index contributed by atoms with van der Waals surface area (Å²) in [6.45, 7) is 6.31. The predicted molar refractivity (Wildman–Crippen MR) is 118 cm³/mol. The van der Waals surface area contributed by atoms with E-state index in [0.29, 0.717) is 17.6 Å². The third-order valence-electron chi connectivity index (χ3n) is 5.14. The van der Waals surface area contributed by atoms with Crippen LogP contribution >= 0.6 is 11.8 Å². The minimum Gasteiger partial charge on any atom is -0.325 e. The highest BCUT2D eigenvalue weighted by molar-refractivity contribution is 7.99. The molecule has 29 heavy (non-hydrogen) atoms. The number of thioether (sulfide) groups is 1. The predicted octanol–water partition coefficient (Wildman–Crippen LogP) is 5.31. The van der Waals surface area contributed by atoms with Crippen LogP contribution < -0.4 is 5.32 Å². The van der Waals surface area contributed by atoms with E-state index in [1.54, 1.807) is 0 Å². The van der Waals surface area contributed by atoms with Crippen molar-refractivity contribution in [2.45, 2.75) is 50.6 Å². The number of aryl methyl sites for hydroxylation is 1. The van der Waals surface area contributed by atoms with Crippen molar-refractivity contribution in [1.82, 2.24) is 14.8 Å². The van der Waals surface area contributed by atoms with Gasteiger partial charge in [-0.2, -0.15) is 0 Å². The summed E-state index contributed by atoms with van der Waals surface area (Å²) >= 11 is 1.43. The summed E-state index contributed by atoms with van der Waals surface area (Å²) in [6.07, 6.45) is 2.31. The average molecular weight is 407 g/mol. The van der Waals surface area contributed by atoms with Crippen molar-refractivity contribution in [3.8, 4) is 5.69 Å². The van der Waals surface area contributed by atoms with Gasteiger partial charge in [0.25, 0.3) is 0 Å². The first kappa shape index (κ1) is 19.7. The lowest BCUT2D eigenvalue weighted by Crippen LogP contribution is -2.17. The first-order valence-electron chi connectivity index (χ1n) is 10.1. The molecule has 1 aliphatic carbocycles. The van der Waals surface area contributed by atoms with Crippen LogP contribution in [-0.2, 0) is 4.79 Å². The van der Waals surface area contributed by atoms with Gasteiger partial charge in [0, 0.05) is 17.3 Å². The lowest BCUT2D eigenvalue weighted by atomic mass is 9.98. The summed E-state index contributed by atoms with van der Waals surface area (Å²) in [6, 6.07) is 16.3. The Morgan fingerprint density at radius 2 is 1.90 bits per heavy atom. The molecule has 0 unspecified atom stereocenters. The van der Waals surface area contributed by atoms with E-state index in [1.807, 2.05) is 37.3 Å². The van der Waals surface area contributed by atoms with Crippen LogP contribution in [0.2, 0.25) is 0 Å². The summed E-state index contributed by atoms with van der Waals surface area (Å²) in [7, 11) is 0. The number of carbonyl (C=O) groups is 1. The molecule has 5 nitrogen and oxygen atoms in total. The van der Waals surface area contributed by atoms with E-state index in [1.165, 1.54) is 11.8 Å². The molecule has 2 aromatic carbocycles. The fourth-order valence-corrected chi connectivity index (χ4v) is 4.21. The second-order valence-electron chi connectivity index (χ2n) is 7.82. The molecule has 1 N–H and O–H groups in total. The third-order valence-corrected chi connectivity index (χ3v) is 6.07. The molecule has 0 atom stereocenters. The van der Waals surface area contributed by atoms with Crippen molar-refractivity contribution in [1.29, 1.82) is 0 Å². The molecule has 0 radical (unpaired) electrons. The number of benzene rings is 2. The molecular formula is C23H26N4OS. The Hall–Kier alpha value is -2.60. The van der Waals surface area contributed by atoms with Crippen LogP contribution in [0.1, 0.15) is 55.5 Å². The summed E-state index contributed by atoms with van der Waals surface area (Å²) in [5.41, 5.74) is 4.21. The summed E-state index contributed by atoms with van der Waals surface area (Å²) in [5.74, 6) is 2.09. The van der Waals surface area contributed by atoms with E-state index in [-0.39, 0.29) is 5.91 Å². The van der Waals surface area contributed by atoms with Crippen LogP contribution in [0.3, 0.4) is 0 Å². The SMILES string of the molecule is Cc1cccc(C(C)C)c1NC(=O)CSc1nnc(C2CC2)n1-c1ccccc1. The van der Waals surface area contributed by atoms with Gasteiger partial charge in [-0.3, -0.25) is 9.36 Å². The van der Waals surface area contributed by atoms with E-state index in [9.17, 15) is 4.79 Å². The van der Waals surface area contributed by atoms with Crippen molar-refractivity contribution >= 4 is 23.4 Å². The van der Waals surface area contributed by atoms with E-state index in [4.69, 9.17) is 0 Å². The molecular weight excluding hydrogens is 380 g/mol. The van der Waals surface area contributed by atoms with Crippen LogP contribution in [0.15, 0.2) is 53.7 Å².